The summed E-state index contributed by atoms with van der Waals surface area (Å²) < 4.78 is 18.5. The minimum absolute atomic E-state index is 0.282. The Labute approximate surface area is 92.3 Å². The van der Waals surface area contributed by atoms with Gasteiger partial charge in [-0.25, -0.2) is 9.82 Å². The molecule has 1 saturated heterocycles. The highest BCUT2D eigenvalue weighted by atomic mass is 35.5. The summed E-state index contributed by atoms with van der Waals surface area (Å²) in [4.78, 5) is 0. The van der Waals surface area contributed by atoms with E-state index in [-0.39, 0.29) is 5.82 Å². The van der Waals surface area contributed by atoms with Crippen molar-refractivity contribution in [3.05, 3.63) is 34.1 Å². The highest BCUT2D eigenvalue weighted by Crippen LogP contribution is 2.34. The Morgan fingerprint density at radius 2 is 2.20 bits per heavy atom. The quantitative estimate of drug-likeness (QED) is 0.598. The smallest absolute Gasteiger partial charge is 0.126 e. The zero-order valence-corrected chi connectivity index (χ0v) is 9.07. The van der Waals surface area contributed by atoms with E-state index in [4.69, 9.17) is 22.2 Å². The van der Waals surface area contributed by atoms with E-state index in [1.54, 1.807) is 13.0 Å². The molecule has 1 aromatic rings. The van der Waals surface area contributed by atoms with Gasteiger partial charge in [0.2, 0.25) is 0 Å². The highest BCUT2D eigenvalue weighted by Gasteiger charge is 2.41. The first kappa shape index (κ1) is 10.8. The average molecular weight is 231 g/mol. The molecule has 0 bridgehead atoms. The number of hydrogen-bond donors (Lipinski definition) is 2. The van der Waals surface area contributed by atoms with Crippen molar-refractivity contribution in [1.82, 2.24) is 5.43 Å². The first-order valence-electron chi connectivity index (χ1n) is 4.61. The third-order valence-electron chi connectivity index (χ3n) is 2.74. The van der Waals surface area contributed by atoms with Gasteiger partial charge in [-0.3, -0.25) is 5.84 Å². The molecule has 1 aliphatic heterocycles. The summed E-state index contributed by atoms with van der Waals surface area (Å²) in [5.41, 5.74) is 3.28. The maximum Gasteiger partial charge on any atom is 0.126 e. The van der Waals surface area contributed by atoms with Crippen LogP contribution in [0.15, 0.2) is 12.1 Å². The van der Waals surface area contributed by atoms with Crippen LogP contribution in [0.2, 0.25) is 5.02 Å². The molecule has 1 aliphatic rings. The summed E-state index contributed by atoms with van der Waals surface area (Å²) in [5.74, 6) is 5.17. The highest BCUT2D eigenvalue weighted by molar-refractivity contribution is 6.31. The minimum Gasteiger partial charge on any atom is -0.377 e. The molecule has 0 spiro atoms. The Kier molecular flexibility index (Phi) is 2.68. The molecule has 1 heterocycles. The number of rotatable bonds is 2. The van der Waals surface area contributed by atoms with Crippen molar-refractivity contribution in [2.24, 2.45) is 5.84 Å². The van der Waals surface area contributed by atoms with Crippen LogP contribution < -0.4 is 11.3 Å². The number of halogens is 2. The van der Waals surface area contributed by atoms with E-state index < -0.39 is 5.54 Å². The van der Waals surface area contributed by atoms with Gasteiger partial charge in [0.25, 0.3) is 0 Å². The van der Waals surface area contributed by atoms with E-state index in [0.717, 1.165) is 0 Å². The number of hydrogen-bond acceptors (Lipinski definition) is 3. The van der Waals surface area contributed by atoms with Crippen molar-refractivity contribution in [3.63, 3.8) is 0 Å². The summed E-state index contributed by atoms with van der Waals surface area (Å²) >= 11 is 6.06. The molecule has 0 radical (unpaired) electrons. The van der Waals surface area contributed by atoms with Gasteiger partial charge in [0, 0.05) is 5.02 Å². The monoisotopic (exact) mass is 230 g/mol. The molecule has 0 unspecified atom stereocenters. The normalized spacial score (nSPS) is 18.7. The van der Waals surface area contributed by atoms with Crippen molar-refractivity contribution in [3.8, 4) is 0 Å². The number of hydrazine groups is 1. The summed E-state index contributed by atoms with van der Waals surface area (Å²) in [5, 5.41) is 0.509. The fourth-order valence-corrected chi connectivity index (χ4v) is 2.03. The molecule has 1 fully saturated rings. The van der Waals surface area contributed by atoms with Crippen molar-refractivity contribution in [2.45, 2.75) is 12.5 Å². The van der Waals surface area contributed by atoms with Gasteiger partial charge in [-0.2, -0.15) is 0 Å². The molecule has 0 aliphatic carbocycles. The number of nitrogens with one attached hydrogen (secondary N) is 1. The SMILES string of the molecule is Cc1cc(Cl)c(C2(NN)COC2)cc1F. The van der Waals surface area contributed by atoms with Crippen LogP contribution in [0.1, 0.15) is 11.1 Å². The Morgan fingerprint density at radius 3 is 2.67 bits per heavy atom. The lowest BCUT2D eigenvalue weighted by molar-refractivity contribution is -0.0787. The van der Waals surface area contributed by atoms with Crippen molar-refractivity contribution in [2.75, 3.05) is 13.2 Å². The van der Waals surface area contributed by atoms with Crippen molar-refractivity contribution >= 4 is 11.6 Å². The first-order valence-corrected chi connectivity index (χ1v) is 4.98. The van der Waals surface area contributed by atoms with Gasteiger partial charge < -0.3 is 4.74 Å². The zero-order chi connectivity index (χ0) is 11.1. The molecule has 3 N–H and O–H groups in total. The minimum atomic E-state index is -0.536. The molecule has 0 atom stereocenters. The van der Waals surface area contributed by atoms with Crippen LogP contribution in [0.5, 0.6) is 0 Å². The van der Waals surface area contributed by atoms with Gasteiger partial charge in [-0.05, 0) is 30.2 Å². The molecule has 0 saturated carbocycles. The number of ether oxygens (including phenoxy) is 1. The van der Waals surface area contributed by atoms with E-state index in [9.17, 15) is 4.39 Å². The van der Waals surface area contributed by atoms with Gasteiger partial charge >= 0.3 is 0 Å². The second-order valence-corrected chi connectivity index (χ2v) is 4.21. The van der Waals surface area contributed by atoms with Crippen LogP contribution in [0.4, 0.5) is 4.39 Å². The molecule has 1 aromatic carbocycles. The van der Waals surface area contributed by atoms with E-state index >= 15 is 0 Å². The predicted molar refractivity (Wildman–Crippen MR) is 56.0 cm³/mol. The summed E-state index contributed by atoms with van der Waals surface area (Å²) in [6.45, 7) is 2.49. The zero-order valence-electron chi connectivity index (χ0n) is 8.31. The largest absolute Gasteiger partial charge is 0.377 e. The van der Waals surface area contributed by atoms with Crippen LogP contribution in [0.25, 0.3) is 0 Å². The van der Waals surface area contributed by atoms with Gasteiger partial charge in [0.1, 0.15) is 11.4 Å². The van der Waals surface area contributed by atoms with Gasteiger partial charge in [0.15, 0.2) is 0 Å². The fourth-order valence-electron chi connectivity index (χ4n) is 1.64. The predicted octanol–water partition coefficient (Wildman–Crippen LogP) is 1.48. The van der Waals surface area contributed by atoms with Crippen LogP contribution >= 0.6 is 11.6 Å². The number of benzene rings is 1. The van der Waals surface area contributed by atoms with Crippen LogP contribution in [-0.4, -0.2) is 13.2 Å². The topological polar surface area (TPSA) is 47.3 Å². The molecular weight excluding hydrogens is 219 g/mol. The van der Waals surface area contributed by atoms with E-state index in [1.807, 2.05) is 0 Å². The third kappa shape index (κ3) is 1.63. The maximum atomic E-state index is 13.4. The van der Waals surface area contributed by atoms with E-state index in [2.05, 4.69) is 5.43 Å². The lowest BCUT2D eigenvalue weighted by Crippen LogP contribution is -2.60. The summed E-state index contributed by atoms with van der Waals surface area (Å²) in [6.07, 6.45) is 0. The lowest BCUT2D eigenvalue weighted by atomic mass is 9.88. The standard InChI is InChI=1S/C10H12ClFN2O/c1-6-2-8(11)7(3-9(6)12)10(14-13)4-15-5-10/h2-3,14H,4-5,13H2,1H3. The molecule has 0 amide bonds. The summed E-state index contributed by atoms with van der Waals surface area (Å²) in [7, 11) is 0. The third-order valence-corrected chi connectivity index (χ3v) is 3.05. The first-order chi connectivity index (χ1) is 7.09. The fraction of sp³-hybridized carbons (Fsp3) is 0.400. The average Bonchev–Trinajstić information content (AvgIpc) is 2.12. The van der Waals surface area contributed by atoms with Gasteiger partial charge in [-0.1, -0.05) is 11.6 Å². The maximum absolute atomic E-state index is 13.4. The van der Waals surface area contributed by atoms with Crippen molar-refractivity contribution in [1.29, 1.82) is 0 Å². The molecule has 15 heavy (non-hydrogen) atoms. The number of aryl methyl sites for hydroxylation is 1. The second kappa shape index (κ2) is 3.72. The number of nitrogens with two attached hydrogens (primary N) is 1. The van der Waals surface area contributed by atoms with Crippen molar-refractivity contribution < 1.29 is 9.13 Å². The van der Waals surface area contributed by atoms with E-state index in [0.29, 0.717) is 29.4 Å². The molecule has 3 nitrogen and oxygen atoms in total. The van der Waals surface area contributed by atoms with Crippen LogP contribution in [0.3, 0.4) is 0 Å². The molecule has 0 aromatic heterocycles. The van der Waals surface area contributed by atoms with Gasteiger partial charge in [-0.15, -0.1) is 0 Å². The van der Waals surface area contributed by atoms with Gasteiger partial charge in [0.05, 0.1) is 13.2 Å². The molecule has 2 rings (SSSR count). The Bertz CT molecular complexity index is 388. The molecule has 5 heteroatoms. The Balaban J connectivity index is 2.47. The molecular formula is C10H12ClFN2O. The second-order valence-electron chi connectivity index (χ2n) is 3.80. The van der Waals surface area contributed by atoms with Crippen LogP contribution in [0, 0.1) is 12.7 Å². The van der Waals surface area contributed by atoms with E-state index in [1.165, 1.54) is 6.07 Å². The summed E-state index contributed by atoms with van der Waals surface area (Å²) in [6, 6.07) is 3.02. The Morgan fingerprint density at radius 1 is 1.53 bits per heavy atom. The molecule has 82 valence electrons. The van der Waals surface area contributed by atoms with Crippen LogP contribution in [-0.2, 0) is 10.3 Å². The lowest BCUT2D eigenvalue weighted by Gasteiger charge is -2.41. The Hall–Kier alpha value is -0.680.